The van der Waals surface area contributed by atoms with Crippen LogP contribution in [-0.4, -0.2) is 76.5 Å². The normalized spacial score (nSPS) is 18.8. The summed E-state index contributed by atoms with van der Waals surface area (Å²) in [5, 5.41) is 10.0. The van der Waals surface area contributed by atoms with Crippen LogP contribution in [0.3, 0.4) is 0 Å². The molecule has 5 rings (SSSR count). The van der Waals surface area contributed by atoms with Crippen LogP contribution in [0.4, 0.5) is 0 Å². The molecular weight excluding hydrogens is 788 g/mol. The summed E-state index contributed by atoms with van der Waals surface area (Å²) in [7, 11) is -4.80. The Hall–Kier alpha value is -4.24. The summed E-state index contributed by atoms with van der Waals surface area (Å²) in [4.78, 5) is 11.8. The molecule has 306 valence electrons. The molecule has 1 saturated heterocycles. The highest BCUT2D eigenvalue weighted by molar-refractivity contribution is 7.89. The first-order valence-corrected chi connectivity index (χ1v) is 22.0. The zero-order valence-corrected chi connectivity index (χ0v) is 35.3. The lowest BCUT2D eigenvalue weighted by Gasteiger charge is -2.43. The van der Waals surface area contributed by atoms with Gasteiger partial charge < -0.3 is 19.3 Å². The van der Waals surface area contributed by atoms with E-state index in [1.165, 1.54) is 33.9 Å². The number of carboxylic acids is 1. The summed E-state index contributed by atoms with van der Waals surface area (Å²) < 4.78 is 76.0. The van der Waals surface area contributed by atoms with Crippen molar-refractivity contribution in [2.75, 3.05) is 33.9 Å². The smallest absolute Gasteiger partial charge is 0.341 e. The van der Waals surface area contributed by atoms with Crippen LogP contribution in [0.25, 0.3) is 0 Å². The van der Waals surface area contributed by atoms with Gasteiger partial charge in [-0.2, -0.15) is 8.61 Å². The Labute approximate surface area is 341 Å². The maximum Gasteiger partial charge on any atom is 0.341 e. The molecule has 0 radical (unpaired) electrons. The monoisotopic (exact) mass is 838 g/mol. The molecule has 1 heterocycles. The number of hydrogen-bond donors (Lipinski definition) is 1. The third-order valence-electron chi connectivity index (χ3n) is 10.1. The van der Waals surface area contributed by atoms with E-state index >= 15 is 0 Å². The lowest BCUT2D eigenvalue weighted by Crippen LogP contribution is -2.37. The van der Waals surface area contributed by atoms with E-state index in [0.29, 0.717) is 29.2 Å². The van der Waals surface area contributed by atoms with Gasteiger partial charge in [-0.05, 0) is 91.4 Å². The van der Waals surface area contributed by atoms with Crippen molar-refractivity contribution in [3.8, 4) is 11.5 Å². The molecule has 0 aliphatic carbocycles. The van der Waals surface area contributed by atoms with E-state index in [4.69, 9.17) is 25.8 Å². The van der Waals surface area contributed by atoms with Crippen LogP contribution < -0.4 is 9.47 Å². The largest absolute Gasteiger partial charge is 0.492 e. The number of benzene rings is 4. The Kier molecular flexibility index (Phi) is 14.6. The van der Waals surface area contributed by atoms with Gasteiger partial charge in [-0.1, -0.05) is 80.1 Å². The van der Waals surface area contributed by atoms with Gasteiger partial charge in [0.05, 0.1) is 22.0 Å². The third-order valence-corrected chi connectivity index (χ3v) is 14.0. The Balaban J connectivity index is 1.44. The average Bonchev–Trinajstić information content (AvgIpc) is 3.17. The van der Waals surface area contributed by atoms with Crippen molar-refractivity contribution in [1.82, 2.24) is 8.61 Å². The van der Waals surface area contributed by atoms with Gasteiger partial charge >= 0.3 is 5.97 Å². The fourth-order valence-corrected chi connectivity index (χ4v) is 9.48. The van der Waals surface area contributed by atoms with Crippen LogP contribution in [0.15, 0.2) is 119 Å². The van der Waals surface area contributed by atoms with Crippen LogP contribution in [-0.2, 0) is 36.1 Å². The quantitative estimate of drug-likeness (QED) is 0.0984. The zero-order valence-electron chi connectivity index (χ0n) is 32.9. The number of ether oxygens (including phenoxy) is 3. The maximum atomic E-state index is 13.9. The average molecular weight is 839 g/mol. The number of carbonyl (C=O) groups is 1. The van der Waals surface area contributed by atoms with Gasteiger partial charge in [0.25, 0.3) is 0 Å². The molecule has 11 nitrogen and oxygen atoms in total. The van der Waals surface area contributed by atoms with E-state index < -0.39 is 38.7 Å². The minimum Gasteiger partial charge on any atom is -0.492 e. The summed E-state index contributed by atoms with van der Waals surface area (Å²) >= 11 is 5.96. The highest BCUT2D eigenvalue weighted by Gasteiger charge is 2.42. The predicted molar refractivity (Wildman–Crippen MR) is 221 cm³/mol. The highest BCUT2D eigenvalue weighted by atomic mass is 35.5. The minimum absolute atomic E-state index is 0.0187. The summed E-state index contributed by atoms with van der Waals surface area (Å²) in [5.41, 5.74) is 2.95. The number of sulfonamides is 2. The van der Waals surface area contributed by atoms with E-state index in [-0.39, 0.29) is 59.1 Å². The van der Waals surface area contributed by atoms with E-state index in [9.17, 15) is 26.7 Å². The third kappa shape index (κ3) is 11.0. The fraction of sp³-hybridized carbons (Fsp3) is 0.372. The Morgan fingerprint density at radius 3 is 2.14 bits per heavy atom. The summed E-state index contributed by atoms with van der Waals surface area (Å²) in [6, 6.07) is 27.5. The van der Waals surface area contributed by atoms with Crippen molar-refractivity contribution < 1.29 is 40.9 Å². The summed E-state index contributed by atoms with van der Waals surface area (Å²) in [6.45, 7) is 10.1. The Bertz CT molecular complexity index is 2220. The van der Waals surface area contributed by atoms with E-state index in [1.807, 2.05) is 49.4 Å². The number of rotatable bonds is 18. The van der Waals surface area contributed by atoms with E-state index in [1.54, 1.807) is 43.4 Å². The van der Waals surface area contributed by atoms with Crippen LogP contribution in [0.2, 0.25) is 5.02 Å². The molecular formula is C43H51ClN2O9S2. The minimum atomic E-state index is -4.04. The molecule has 0 aromatic heterocycles. The fourth-order valence-electron chi connectivity index (χ4n) is 7.01. The van der Waals surface area contributed by atoms with Crippen LogP contribution in [0.5, 0.6) is 11.5 Å². The van der Waals surface area contributed by atoms with Crippen molar-refractivity contribution in [2.45, 2.75) is 68.1 Å². The molecule has 14 heteroatoms. The lowest BCUT2D eigenvalue weighted by molar-refractivity contribution is -0.139. The SMILES string of the molecule is C=C(C)[C@@H]1C[C@@H](c2ccc(S(=O)(=O)N(C)Cc3ccccc3)cc2)[C@@H](CC(C)C)O[C@H]1c1cc(S(=O)(=O)N(C)CCOc2ccc(Cl)cc2)ccc1OCC(=O)O. The molecule has 0 saturated carbocycles. The standard InChI is InChI=1S/C43H51ClN2O9S2/c1-29(2)24-41-38(32-12-18-35(19-13-32)56(49,50)46(6)27-31-10-8-7-9-11-31)26-37(30(3)4)43(55-41)39-25-36(20-21-40(39)54-28-42(47)48)57(51,52)45(5)22-23-53-34-16-14-33(44)15-17-34/h7-21,25,29,37-38,41,43H,3,22-24,26-28H2,1-2,4-6H3,(H,47,48)/t37-,38-,41+,43+/m0/s1. The molecule has 0 bridgehead atoms. The Morgan fingerprint density at radius 2 is 1.53 bits per heavy atom. The first kappa shape index (κ1) is 43.9. The molecule has 4 aromatic rings. The number of nitrogens with zero attached hydrogens (tertiary/aromatic N) is 2. The second kappa shape index (κ2) is 19.0. The van der Waals surface area contributed by atoms with Crippen molar-refractivity contribution in [1.29, 1.82) is 0 Å². The number of halogens is 1. The molecule has 1 aliphatic rings. The van der Waals surface area contributed by atoms with Gasteiger partial charge in [0.15, 0.2) is 6.61 Å². The molecule has 0 amide bonds. The number of hydrogen-bond acceptors (Lipinski definition) is 8. The van der Waals surface area contributed by atoms with E-state index in [2.05, 4.69) is 20.4 Å². The molecule has 1 fully saturated rings. The molecule has 1 aliphatic heterocycles. The Morgan fingerprint density at radius 1 is 0.895 bits per heavy atom. The van der Waals surface area contributed by atoms with E-state index in [0.717, 1.165) is 16.7 Å². The number of carboxylic acid groups (broad SMARTS) is 1. The maximum absolute atomic E-state index is 13.9. The summed E-state index contributed by atoms with van der Waals surface area (Å²) in [5.74, 6) is -0.732. The van der Waals surface area contributed by atoms with Crippen molar-refractivity contribution in [3.63, 3.8) is 0 Å². The highest BCUT2D eigenvalue weighted by Crippen LogP contribution is 2.50. The van der Waals surface area contributed by atoms with Gasteiger partial charge in [-0.3, -0.25) is 0 Å². The first-order valence-electron chi connectivity index (χ1n) is 18.7. The molecule has 0 unspecified atom stereocenters. The lowest BCUT2D eigenvalue weighted by atomic mass is 9.74. The topological polar surface area (TPSA) is 140 Å². The van der Waals surface area contributed by atoms with Gasteiger partial charge in [0, 0.05) is 49.6 Å². The second-order valence-electron chi connectivity index (χ2n) is 14.8. The molecule has 4 aromatic carbocycles. The predicted octanol–water partition coefficient (Wildman–Crippen LogP) is 8.18. The van der Waals surface area contributed by atoms with Gasteiger partial charge in [0.1, 0.15) is 18.1 Å². The number of likely N-dealkylation sites (N-methyl/N-ethyl adjacent to an activating group) is 1. The van der Waals surface area contributed by atoms with Crippen LogP contribution >= 0.6 is 11.6 Å². The van der Waals surface area contributed by atoms with Gasteiger partial charge in [-0.15, -0.1) is 0 Å². The molecule has 1 N–H and O–H groups in total. The van der Waals surface area contributed by atoms with Gasteiger partial charge in [0.2, 0.25) is 20.0 Å². The molecule has 57 heavy (non-hydrogen) atoms. The van der Waals surface area contributed by atoms with Gasteiger partial charge in [-0.25, -0.2) is 21.6 Å². The molecule has 0 spiro atoms. The van der Waals surface area contributed by atoms with Crippen molar-refractivity contribution >= 4 is 37.6 Å². The van der Waals surface area contributed by atoms with Crippen molar-refractivity contribution in [2.24, 2.45) is 11.8 Å². The van der Waals surface area contributed by atoms with Crippen molar-refractivity contribution in [3.05, 3.63) is 131 Å². The van der Waals surface area contributed by atoms with Crippen LogP contribution in [0, 0.1) is 11.8 Å². The summed E-state index contributed by atoms with van der Waals surface area (Å²) in [6.07, 6.45) is 0.0959. The second-order valence-corrected chi connectivity index (χ2v) is 19.4. The van der Waals surface area contributed by atoms with Crippen LogP contribution in [0.1, 0.15) is 62.3 Å². The number of aliphatic carboxylic acids is 1. The zero-order chi connectivity index (χ0) is 41.5. The first-order chi connectivity index (χ1) is 27.0. The molecule has 4 atom stereocenters.